The van der Waals surface area contributed by atoms with Crippen molar-refractivity contribution in [3.05, 3.63) is 0 Å². The van der Waals surface area contributed by atoms with Gasteiger partial charge in [0.1, 0.15) is 0 Å². The van der Waals surface area contributed by atoms with Gasteiger partial charge in [0.25, 0.3) is 0 Å². The molecule has 0 aromatic heterocycles. The van der Waals surface area contributed by atoms with Crippen LogP contribution in [0.25, 0.3) is 0 Å². The van der Waals surface area contributed by atoms with E-state index < -0.39 is 18.6 Å². The fourth-order valence-corrected chi connectivity index (χ4v) is 3.16. The Morgan fingerprint density at radius 3 is 2.20 bits per heavy atom. The Labute approximate surface area is 121 Å². The zero-order chi connectivity index (χ0) is 15.5. The van der Waals surface area contributed by atoms with Gasteiger partial charge in [-0.3, -0.25) is 4.90 Å². The third-order valence-corrected chi connectivity index (χ3v) is 4.09. The van der Waals surface area contributed by atoms with Crippen LogP contribution in [0, 0.1) is 11.8 Å². The SMILES string of the molecule is CC(C)CC1CN(C(C)CC(F)(F)F)C(C(C)C)CN1. The Balaban J connectivity index is 2.72. The van der Waals surface area contributed by atoms with Gasteiger partial charge in [0.2, 0.25) is 0 Å². The summed E-state index contributed by atoms with van der Waals surface area (Å²) in [7, 11) is 0. The van der Waals surface area contributed by atoms with Crippen LogP contribution in [-0.2, 0) is 0 Å². The highest BCUT2D eigenvalue weighted by Gasteiger charge is 2.38. The van der Waals surface area contributed by atoms with Crippen LogP contribution < -0.4 is 5.32 Å². The maximum absolute atomic E-state index is 12.7. The average molecular weight is 294 g/mol. The molecule has 1 aliphatic heterocycles. The summed E-state index contributed by atoms with van der Waals surface area (Å²) in [6.45, 7) is 11.7. The molecule has 1 fully saturated rings. The van der Waals surface area contributed by atoms with Crippen molar-refractivity contribution in [1.82, 2.24) is 10.2 Å². The van der Waals surface area contributed by atoms with E-state index in [-0.39, 0.29) is 6.04 Å². The molecule has 5 heteroatoms. The number of rotatable bonds is 5. The largest absolute Gasteiger partial charge is 0.390 e. The van der Waals surface area contributed by atoms with Crippen LogP contribution in [0.5, 0.6) is 0 Å². The standard InChI is InChI=1S/C15H29F3N2/c1-10(2)6-13-9-20(12(5)7-15(16,17)18)14(8-19-13)11(3)4/h10-14,19H,6-9H2,1-5H3. The van der Waals surface area contributed by atoms with Gasteiger partial charge < -0.3 is 5.32 Å². The smallest absolute Gasteiger partial charge is 0.311 e. The molecule has 0 saturated carbocycles. The molecule has 3 unspecified atom stereocenters. The lowest BCUT2D eigenvalue weighted by atomic mass is 9.93. The highest BCUT2D eigenvalue weighted by atomic mass is 19.4. The van der Waals surface area contributed by atoms with Gasteiger partial charge in [0.15, 0.2) is 0 Å². The molecule has 1 saturated heterocycles. The van der Waals surface area contributed by atoms with Gasteiger partial charge in [-0.25, -0.2) is 0 Å². The first-order valence-corrected chi connectivity index (χ1v) is 7.66. The second-order valence-corrected chi connectivity index (χ2v) is 6.91. The Hall–Kier alpha value is -0.290. The van der Waals surface area contributed by atoms with Crippen molar-refractivity contribution in [1.29, 1.82) is 0 Å². The third-order valence-electron chi connectivity index (χ3n) is 4.09. The normalized spacial score (nSPS) is 27.3. The van der Waals surface area contributed by atoms with E-state index in [1.807, 2.05) is 0 Å². The predicted octanol–water partition coefficient (Wildman–Crippen LogP) is 3.67. The molecule has 0 spiro atoms. The van der Waals surface area contributed by atoms with E-state index in [9.17, 15) is 13.2 Å². The van der Waals surface area contributed by atoms with Crippen molar-refractivity contribution in [3.63, 3.8) is 0 Å². The van der Waals surface area contributed by atoms with E-state index in [1.165, 1.54) is 0 Å². The topological polar surface area (TPSA) is 15.3 Å². The number of nitrogens with zero attached hydrogens (tertiary/aromatic N) is 1. The molecule has 0 aromatic rings. The summed E-state index contributed by atoms with van der Waals surface area (Å²) in [6.07, 6.45) is -3.79. The first-order chi connectivity index (χ1) is 9.10. The van der Waals surface area contributed by atoms with Gasteiger partial charge >= 0.3 is 6.18 Å². The van der Waals surface area contributed by atoms with Crippen molar-refractivity contribution in [2.45, 2.75) is 71.8 Å². The molecule has 0 aliphatic carbocycles. The van der Waals surface area contributed by atoms with Crippen molar-refractivity contribution >= 4 is 0 Å². The van der Waals surface area contributed by atoms with Crippen LogP contribution in [-0.4, -0.2) is 42.3 Å². The molecule has 0 aromatic carbocycles. The summed E-state index contributed by atoms with van der Waals surface area (Å²) in [4.78, 5) is 2.07. The van der Waals surface area contributed by atoms with Gasteiger partial charge in [0, 0.05) is 31.2 Å². The zero-order valence-corrected chi connectivity index (χ0v) is 13.3. The summed E-state index contributed by atoms with van der Waals surface area (Å²) in [5.74, 6) is 0.918. The molecule has 2 nitrogen and oxygen atoms in total. The Kier molecular flexibility index (Phi) is 6.32. The first kappa shape index (κ1) is 17.8. The monoisotopic (exact) mass is 294 g/mol. The van der Waals surface area contributed by atoms with E-state index >= 15 is 0 Å². The average Bonchev–Trinajstić information content (AvgIpc) is 2.25. The lowest BCUT2D eigenvalue weighted by Crippen LogP contribution is -2.61. The summed E-state index contributed by atoms with van der Waals surface area (Å²) < 4.78 is 38.0. The predicted molar refractivity (Wildman–Crippen MR) is 76.7 cm³/mol. The van der Waals surface area contributed by atoms with Crippen molar-refractivity contribution in [3.8, 4) is 0 Å². The number of piperazine rings is 1. The fraction of sp³-hybridized carbons (Fsp3) is 1.00. The Morgan fingerprint density at radius 1 is 1.15 bits per heavy atom. The van der Waals surface area contributed by atoms with Crippen LogP contribution in [0.2, 0.25) is 0 Å². The van der Waals surface area contributed by atoms with Crippen molar-refractivity contribution < 1.29 is 13.2 Å². The van der Waals surface area contributed by atoms with Crippen LogP contribution in [0.4, 0.5) is 13.2 Å². The number of hydrogen-bond donors (Lipinski definition) is 1. The van der Waals surface area contributed by atoms with Gasteiger partial charge in [-0.2, -0.15) is 13.2 Å². The molecular formula is C15H29F3N2. The molecular weight excluding hydrogens is 265 g/mol. The van der Waals surface area contributed by atoms with E-state index in [1.54, 1.807) is 6.92 Å². The number of halogens is 3. The molecule has 0 radical (unpaired) electrons. The second-order valence-electron chi connectivity index (χ2n) is 6.91. The van der Waals surface area contributed by atoms with Crippen LogP contribution >= 0.6 is 0 Å². The highest BCUT2D eigenvalue weighted by molar-refractivity contribution is 4.91. The van der Waals surface area contributed by atoms with E-state index in [4.69, 9.17) is 0 Å². The molecule has 1 rings (SSSR count). The van der Waals surface area contributed by atoms with Gasteiger partial charge in [-0.15, -0.1) is 0 Å². The molecule has 20 heavy (non-hydrogen) atoms. The quantitative estimate of drug-likeness (QED) is 0.832. The lowest BCUT2D eigenvalue weighted by Gasteiger charge is -2.46. The minimum Gasteiger partial charge on any atom is -0.311 e. The third kappa shape index (κ3) is 5.60. The zero-order valence-electron chi connectivity index (χ0n) is 13.3. The first-order valence-electron chi connectivity index (χ1n) is 7.66. The van der Waals surface area contributed by atoms with Crippen LogP contribution in [0.1, 0.15) is 47.5 Å². The molecule has 1 N–H and O–H groups in total. The van der Waals surface area contributed by atoms with Crippen LogP contribution in [0.3, 0.4) is 0 Å². The summed E-state index contributed by atoms with van der Waals surface area (Å²) in [6, 6.07) is 0.0515. The molecule has 0 amide bonds. The van der Waals surface area contributed by atoms with E-state index in [0.29, 0.717) is 17.9 Å². The molecule has 0 bridgehead atoms. The second kappa shape index (κ2) is 7.12. The molecule has 1 heterocycles. The number of hydrogen-bond acceptors (Lipinski definition) is 2. The minimum absolute atomic E-state index is 0.191. The van der Waals surface area contributed by atoms with Crippen LogP contribution in [0.15, 0.2) is 0 Å². The number of nitrogens with one attached hydrogen (secondary N) is 1. The molecule has 120 valence electrons. The summed E-state index contributed by atoms with van der Waals surface area (Å²) in [5.41, 5.74) is 0. The highest BCUT2D eigenvalue weighted by Crippen LogP contribution is 2.28. The molecule has 3 atom stereocenters. The fourth-order valence-electron chi connectivity index (χ4n) is 3.16. The number of alkyl halides is 3. The summed E-state index contributed by atoms with van der Waals surface area (Å²) in [5, 5.41) is 3.51. The Bertz CT molecular complexity index is 289. The minimum atomic E-state index is -4.08. The summed E-state index contributed by atoms with van der Waals surface area (Å²) >= 11 is 0. The maximum atomic E-state index is 12.7. The van der Waals surface area contributed by atoms with Crippen molar-refractivity contribution in [2.24, 2.45) is 11.8 Å². The van der Waals surface area contributed by atoms with Gasteiger partial charge in [0.05, 0.1) is 6.42 Å². The van der Waals surface area contributed by atoms with Gasteiger partial charge in [-0.05, 0) is 25.2 Å². The lowest BCUT2D eigenvalue weighted by molar-refractivity contribution is -0.150. The maximum Gasteiger partial charge on any atom is 0.390 e. The van der Waals surface area contributed by atoms with Gasteiger partial charge in [-0.1, -0.05) is 27.7 Å². The van der Waals surface area contributed by atoms with Crippen molar-refractivity contribution in [2.75, 3.05) is 13.1 Å². The van der Waals surface area contributed by atoms with E-state index in [2.05, 4.69) is 37.9 Å². The van der Waals surface area contributed by atoms with E-state index in [0.717, 1.165) is 19.5 Å². The molecule has 1 aliphatic rings. The Morgan fingerprint density at radius 2 is 1.75 bits per heavy atom.